The molecule has 0 amide bonds. The highest BCUT2D eigenvalue weighted by Gasteiger charge is 2.58. The van der Waals surface area contributed by atoms with E-state index in [1.807, 2.05) is 0 Å². The van der Waals surface area contributed by atoms with Crippen LogP contribution in [0.4, 0.5) is 0 Å². The van der Waals surface area contributed by atoms with Gasteiger partial charge in [-0.3, -0.25) is 4.79 Å². The Morgan fingerprint density at radius 3 is 2.17 bits per heavy atom. The van der Waals surface area contributed by atoms with Crippen LogP contribution in [0, 0.1) is 29.6 Å². The summed E-state index contributed by atoms with van der Waals surface area (Å²) in [6.07, 6.45) is 8.99. The smallest absolute Gasteiger partial charge is 0.154 e. The third-order valence-corrected chi connectivity index (χ3v) is 6.64. The highest BCUT2D eigenvalue weighted by Crippen LogP contribution is 2.60. The van der Waals surface area contributed by atoms with Crippen LogP contribution < -0.4 is 5.32 Å². The van der Waals surface area contributed by atoms with E-state index in [0.717, 1.165) is 43.1 Å². The molecule has 2 heteroatoms. The summed E-state index contributed by atoms with van der Waals surface area (Å²) in [5, 5.41) is 3.65. The Morgan fingerprint density at radius 2 is 1.72 bits per heavy atom. The fraction of sp³-hybridized carbons (Fsp3) is 0.938. The minimum atomic E-state index is -0.122. The molecule has 5 aliphatic rings. The molecule has 5 fully saturated rings. The molecule has 1 heterocycles. The number of carbonyl (C=O) groups is 1. The fourth-order valence-corrected chi connectivity index (χ4v) is 6.31. The average molecular weight is 247 g/mol. The molecule has 0 aromatic heterocycles. The second-order valence-corrected chi connectivity index (χ2v) is 7.38. The third-order valence-electron chi connectivity index (χ3n) is 6.64. The van der Waals surface area contributed by atoms with Crippen molar-refractivity contribution in [1.29, 1.82) is 0 Å². The quantitative estimate of drug-likeness (QED) is 0.813. The Kier molecular flexibility index (Phi) is 2.43. The normalized spacial score (nSPS) is 54.3. The summed E-state index contributed by atoms with van der Waals surface area (Å²) in [6.45, 7) is 3.15. The number of Topliss-reactive ketones (excluding diaryl/α,β-unsaturated/α-hetero) is 1. The van der Waals surface area contributed by atoms with E-state index in [1.54, 1.807) is 0 Å². The van der Waals surface area contributed by atoms with Crippen LogP contribution >= 0.6 is 0 Å². The summed E-state index contributed by atoms with van der Waals surface area (Å²) in [6, 6.07) is 0. The van der Waals surface area contributed by atoms with Crippen LogP contribution in [-0.2, 0) is 4.79 Å². The van der Waals surface area contributed by atoms with Crippen molar-refractivity contribution >= 4 is 5.78 Å². The van der Waals surface area contributed by atoms with E-state index in [-0.39, 0.29) is 5.54 Å². The van der Waals surface area contributed by atoms with Gasteiger partial charge in [-0.1, -0.05) is 6.92 Å². The number of carbonyl (C=O) groups excluding carboxylic acids is 1. The molecule has 4 saturated carbocycles. The standard InChI is InChI=1S/C16H25NO/c1-2-16(14(18)3-4-17-16)15-12-6-10-5-11(8-12)9-13(15)7-10/h10-13,15,17H,2-9H2,1H3. The minimum Gasteiger partial charge on any atom is -0.304 e. The Balaban J connectivity index is 1.70. The van der Waals surface area contributed by atoms with Gasteiger partial charge in [-0.25, -0.2) is 0 Å². The topological polar surface area (TPSA) is 29.1 Å². The van der Waals surface area contributed by atoms with Crippen molar-refractivity contribution in [3.8, 4) is 0 Å². The van der Waals surface area contributed by atoms with Gasteiger partial charge in [-0.15, -0.1) is 0 Å². The third kappa shape index (κ3) is 1.36. The van der Waals surface area contributed by atoms with Gasteiger partial charge in [-0.05, 0) is 68.1 Å². The maximum absolute atomic E-state index is 12.5. The summed E-state index contributed by atoms with van der Waals surface area (Å²) in [4.78, 5) is 12.5. The van der Waals surface area contributed by atoms with Gasteiger partial charge in [0.2, 0.25) is 0 Å². The molecule has 1 saturated heterocycles. The zero-order valence-corrected chi connectivity index (χ0v) is 11.5. The van der Waals surface area contributed by atoms with Crippen LogP contribution in [-0.4, -0.2) is 17.9 Å². The molecular weight excluding hydrogens is 222 g/mol. The fourth-order valence-electron chi connectivity index (χ4n) is 6.31. The molecule has 0 radical (unpaired) electrons. The molecule has 18 heavy (non-hydrogen) atoms. The van der Waals surface area contributed by atoms with Crippen LogP contribution in [0.3, 0.4) is 0 Å². The molecule has 100 valence electrons. The molecule has 1 aliphatic heterocycles. The predicted octanol–water partition coefficient (Wildman–Crippen LogP) is 2.77. The molecule has 1 atom stereocenters. The maximum Gasteiger partial charge on any atom is 0.154 e. The van der Waals surface area contributed by atoms with Crippen molar-refractivity contribution in [1.82, 2.24) is 5.32 Å². The van der Waals surface area contributed by atoms with Crippen molar-refractivity contribution in [2.45, 2.75) is 57.4 Å². The van der Waals surface area contributed by atoms with Crippen LogP contribution in [0.15, 0.2) is 0 Å². The number of ketones is 1. The van der Waals surface area contributed by atoms with E-state index in [0.29, 0.717) is 11.7 Å². The molecule has 0 spiro atoms. The molecule has 1 unspecified atom stereocenters. The van der Waals surface area contributed by atoms with E-state index in [1.165, 1.54) is 32.1 Å². The molecule has 2 nitrogen and oxygen atoms in total. The SMILES string of the molecule is CCC1(C2C3CC4CC(C3)CC2C4)NCCC1=O. The highest BCUT2D eigenvalue weighted by molar-refractivity contribution is 5.91. The summed E-state index contributed by atoms with van der Waals surface area (Å²) in [5.74, 6) is 4.93. The van der Waals surface area contributed by atoms with Crippen molar-refractivity contribution in [3.05, 3.63) is 0 Å². The molecular formula is C16H25NO. The molecule has 0 aromatic carbocycles. The van der Waals surface area contributed by atoms with Gasteiger partial charge in [0.25, 0.3) is 0 Å². The maximum atomic E-state index is 12.5. The Bertz CT molecular complexity index is 349. The number of hydrogen-bond acceptors (Lipinski definition) is 2. The lowest BCUT2D eigenvalue weighted by Crippen LogP contribution is -2.61. The van der Waals surface area contributed by atoms with Crippen LogP contribution in [0.1, 0.15) is 51.9 Å². The van der Waals surface area contributed by atoms with Gasteiger partial charge in [-0.2, -0.15) is 0 Å². The van der Waals surface area contributed by atoms with Gasteiger partial charge < -0.3 is 5.32 Å². The van der Waals surface area contributed by atoms with Crippen molar-refractivity contribution in [2.75, 3.05) is 6.54 Å². The van der Waals surface area contributed by atoms with Gasteiger partial charge >= 0.3 is 0 Å². The molecule has 4 bridgehead atoms. The monoisotopic (exact) mass is 247 g/mol. The summed E-state index contributed by atoms with van der Waals surface area (Å²) in [7, 11) is 0. The van der Waals surface area contributed by atoms with E-state index < -0.39 is 0 Å². The summed E-state index contributed by atoms with van der Waals surface area (Å²) in [5.41, 5.74) is -0.122. The molecule has 4 aliphatic carbocycles. The molecule has 5 rings (SSSR count). The zero-order chi connectivity index (χ0) is 12.3. The lowest BCUT2D eigenvalue weighted by atomic mass is 9.47. The second-order valence-electron chi connectivity index (χ2n) is 7.38. The summed E-state index contributed by atoms with van der Waals surface area (Å²) < 4.78 is 0. The van der Waals surface area contributed by atoms with Gasteiger partial charge in [0, 0.05) is 13.0 Å². The summed E-state index contributed by atoms with van der Waals surface area (Å²) >= 11 is 0. The lowest BCUT2D eigenvalue weighted by molar-refractivity contribution is -0.134. The molecule has 0 aromatic rings. The first-order chi connectivity index (χ1) is 8.73. The Hall–Kier alpha value is -0.370. The van der Waals surface area contributed by atoms with Gasteiger partial charge in [0.05, 0.1) is 5.54 Å². The average Bonchev–Trinajstić information content (AvgIpc) is 2.70. The lowest BCUT2D eigenvalue weighted by Gasteiger charge is -2.58. The first-order valence-corrected chi connectivity index (χ1v) is 8.01. The number of nitrogens with one attached hydrogen (secondary N) is 1. The van der Waals surface area contributed by atoms with E-state index in [9.17, 15) is 4.79 Å². The largest absolute Gasteiger partial charge is 0.304 e. The van der Waals surface area contributed by atoms with Crippen LogP contribution in [0.5, 0.6) is 0 Å². The van der Waals surface area contributed by atoms with E-state index in [4.69, 9.17) is 0 Å². The zero-order valence-electron chi connectivity index (χ0n) is 11.5. The first kappa shape index (κ1) is 11.5. The molecule has 1 N–H and O–H groups in total. The van der Waals surface area contributed by atoms with Gasteiger partial charge in [0.15, 0.2) is 5.78 Å². The predicted molar refractivity (Wildman–Crippen MR) is 71.2 cm³/mol. The second kappa shape index (κ2) is 3.82. The number of hydrogen-bond donors (Lipinski definition) is 1. The van der Waals surface area contributed by atoms with Crippen molar-refractivity contribution in [2.24, 2.45) is 29.6 Å². The first-order valence-electron chi connectivity index (χ1n) is 8.01. The van der Waals surface area contributed by atoms with E-state index in [2.05, 4.69) is 12.2 Å². The van der Waals surface area contributed by atoms with Gasteiger partial charge in [0.1, 0.15) is 0 Å². The van der Waals surface area contributed by atoms with Crippen LogP contribution in [0.2, 0.25) is 0 Å². The van der Waals surface area contributed by atoms with E-state index >= 15 is 0 Å². The highest BCUT2D eigenvalue weighted by atomic mass is 16.1. The minimum absolute atomic E-state index is 0.122. The van der Waals surface area contributed by atoms with Crippen molar-refractivity contribution < 1.29 is 4.79 Å². The van der Waals surface area contributed by atoms with Crippen molar-refractivity contribution in [3.63, 3.8) is 0 Å². The number of rotatable bonds is 2. The Morgan fingerprint density at radius 1 is 1.11 bits per heavy atom. The van der Waals surface area contributed by atoms with Crippen LogP contribution in [0.25, 0.3) is 0 Å². The Labute approximate surface area is 110 Å².